The first-order chi connectivity index (χ1) is 14.2. The number of hydrogen-bond acceptors (Lipinski definition) is 1. The van der Waals surface area contributed by atoms with Crippen molar-refractivity contribution in [3.63, 3.8) is 0 Å². The van der Waals surface area contributed by atoms with Crippen LogP contribution >= 0.6 is 0 Å². The fourth-order valence-electron chi connectivity index (χ4n) is 9.14. The summed E-state index contributed by atoms with van der Waals surface area (Å²) in [7, 11) is 0. The summed E-state index contributed by atoms with van der Waals surface area (Å²) < 4.78 is 0. The van der Waals surface area contributed by atoms with Crippen LogP contribution in [0.4, 0.5) is 0 Å². The van der Waals surface area contributed by atoms with Gasteiger partial charge in [-0.05, 0) is 97.2 Å². The fraction of sp³-hybridized carbons (Fsp3) is 0.897. The van der Waals surface area contributed by atoms with Crippen molar-refractivity contribution in [2.75, 3.05) is 0 Å². The molecule has 0 saturated heterocycles. The van der Waals surface area contributed by atoms with E-state index in [-0.39, 0.29) is 0 Å². The lowest BCUT2D eigenvalue weighted by Gasteiger charge is -2.58. The lowest BCUT2D eigenvalue weighted by Crippen LogP contribution is -2.50. The molecular formula is C29H48O. The third-order valence-electron chi connectivity index (χ3n) is 11.2. The summed E-state index contributed by atoms with van der Waals surface area (Å²) in [6, 6.07) is 0. The van der Waals surface area contributed by atoms with Crippen molar-refractivity contribution in [1.82, 2.24) is 0 Å². The second kappa shape index (κ2) is 8.40. The van der Waals surface area contributed by atoms with Crippen LogP contribution in [0.25, 0.3) is 0 Å². The number of carbonyl (C=O) groups excluding carboxylic acids is 1. The summed E-state index contributed by atoms with van der Waals surface area (Å²) in [5.41, 5.74) is 2.41. The lowest BCUT2D eigenvalue weighted by atomic mass is 9.47. The standard InChI is InChI=1S/C29H48O/c1-7-21(19(2)3)9-8-20(4)25-12-13-26-24-11-10-22-18-23(30)14-16-28(22,5)27(24)15-17-29(25,26)6/h10,19-21,24-27H,7-9,11-18H2,1-6H3/t20-,21-,24+,25-,26?,27?,28+,29-/m1/s1. The monoisotopic (exact) mass is 412 g/mol. The molecular weight excluding hydrogens is 364 g/mol. The Morgan fingerprint density at radius 3 is 2.50 bits per heavy atom. The molecule has 0 N–H and O–H groups in total. The van der Waals surface area contributed by atoms with E-state index in [0.717, 1.165) is 60.7 Å². The highest BCUT2D eigenvalue weighted by Gasteiger charge is 2.59. The first-order valence-electron chi connectivity index (χ1n) is 13.4. The first kappa shape index (κ1) is 22.6. The molecule has 3 saturated carbocycles. The number of carbonyl (C=O) groups is 1. The van der Waals surface area contributed by atoms with Crippen molar-refractivity contribution in [2.45, 2.75) is 112 Å². The van der Waals surface area contributed by atoms with E-state index < -0.39 is 0 Å². The topological polar surface area (TPSA) is 17.1 Å². The average molecular weight is 413 g/mol. The van der Waals surface area contributed by atoms with Crippen molar-refractivity contribution in [3.05, 3.63) is 11.6 Å². The Kier molecular flexibility index (Phi) is 6.33. The van der Waals surface area contributed by atoms with Gasteiger partial charge in [0, 0.05) is 12.8 Å². The van der Waals surface area contributed by atoms with Crippen LogP contribution in [0.2, 0.25) is 0 Å². The smallest absolute Gasteiger partial charge is 0.136 e. The minimum absolute atomic E-state index is 0.327. The number of ketones is 1. The zero-order chi connectivity index (χ0) is 21.7. The SMILES string of the molecule is CC[C@H](CC[C@@H](C)[C@H]1CCC2[C@@H]3CC=C4CC(=O)CC[C@]4(C)C3CC[C@@]21C)C(C)C. The van der Waals surface area contributed by atoms with Gasteiger partial charge >= 0.3 is 0 Å². The summed E-state index contributed by atoms with van der Waals surface area (Å²) in [6.07, 6.45) is 16.5. The van der Waals surface area contributed by atoms with Crippen molar-refractivity contribution >= 4 is 5.78 Å². The quantitative estimate of drug-likeness (QED) is 0.401. The second-order valence-corrected chi connectivity index (χ2v) is 12.7. The molecule has 0 amide bonds. The normalized spacial score (nSPS) is 42.9. The van der Waals surface area contributed by atoms with Crippen molar-refractivity contribution in [2.24, 2.45) is 52.3 Å². The molecule has 4 rings (SSSR count). The zero-order valence-corrected chi connectivity index (χ0v) is 20.8. The van der Waals surface area contributed by atoms with Crippen molar-refractivity contribution < 1.29 is 4.79 Å². The molecule has 3 fully saturated rings. The average Bonchev–Trinajstić information content (AvgIpc) is 3.06. The van der Waals surface area contributed by atoms with Gasteiger partial charge in [-0.1, -0.05) is 66.0 Å². The van der Waals surface area contributed by atoms with Crippen LogP contribution in [0.5, 0.6) is 0 Å². The Morgan fingerprint density at radius 1 is 1.03 bits per heavy atom. The van der Waals surface area contributed by atoms with Gasteiger partial charge in [0.15, 0.2) is 0 Å². The van der Waals surface area contributed by atoms with Crippen molar-refractivity contribution in [3.8, 4) is 0 Å². The maximum Gasteiger partial charge on any atom is 0.136 e. The molecule has 8 atom stereocenters. The third kappa shape index (κ3) is 3.65. The van der Waals surface area contributed by atoms with Crippen LogP contribution in [0.3, 0.4) is 0 Å². The van der Waals surface area contributed by atoms with Gasteiger partial charge in [-0.3, -0.25) is 4.79 Å². The largest absolute Gasteiger partial charge is 0.299 e. The Hall–Kier alpha value is -0.590. The summed E-state index contributed by atoms with van der Waals surface area (Å²) in [6.45, 7) is 15.0. The van der Waals surface area contributed by atoms with E-state index >= 15 is 0 Å². The molecule has 0 aromatic heterocycles. The highest BCUT2D eigenvalue weighted by atomic mass is 16.1. The van der Waals surface area contributed by atoms with Crippen LogP contribution in [0.15, 0.2) is 11.6 Å². The Balaban J connectivity index is 1.48. The summed E-state index contributed by atoms with van der Waals surface area (Å²) in [5, 5.41) is 0. The Morgan fingerprint density at radius 2 is 1.80 bits per heavy atom. The van der Waals surface area contributed by atoms with Gasteiger partial charge in [0.1, 0.15) is 5.78 Å². The van der Waals surface area contributed by atoms with Gasteiger partial charge in [-0.15, -0.1) is 0 Å². The van der Waals surface area contributed by atoms with Crippen LogP contribution in [0, 0.1) is 52.3 Å². The Bertz CT molecular complexity index is 674. The summed E-state index contributed by atoms with van der Waals surface area (Å²) in [4.78, 5) is 12.1. The van der Waals surface area contributed by atoms with Crippen LogP contribution < -0.4 is 0 Å². The summed E-state index contributed by atoms with van der Waals surface area (Å²) >= 11 is 0. The van der Waals surface area contributed by atoms with Gasteiger partial charge in [0.05, 0.1) is 0 Å². The van der Waals surface area contributed by atoms with Gasteiger partial charge in [0.25, 0.3) is 0 Å². The molecule has 2 unspecified atom stereocenters. The van der Waals surface area contributed by atoms with E-state index in [4.69, 9.17) is 0 Å². The van der Waals surface area contributed by atoms with Crippen LogP contribution in [-0.4, -0.2) is 5.78 Å². The molecule has 30 heavy (non-hydrogen) atoms. The minimum Gasteiger partial charge on any atom is -0.299 e. The molecule has 0 aromatic carbocycles. The van der Waals surface area contributed by atoms with E-state index in [1.54, 1.807) is 0 Å². The molecule has 0 spiro atoms. The maximum absolute atomic E-state index is 12.1. The molecule has 0 bridgehead atoms. The molecule has 4 aliphatic rings. The molecule has 4 aliphatic carbocycles. The van der Waals surface area contributed by atoms with Gasteiger partial charge < -0.3 is 0 Å². The number of Topliss-reactive ketones (excluding diaryl/α,β-unsaturated/α-hetero) is 1. The molecule has 0 aliphatic heterocycles. The zero-order valence-electron chi connectivity index (χ0n) is 20.8. The molecule has 0 heterocycles. The van der Waals surface area contributed by atoms with Gasteiger partial charge in [0.2, 0.25) is 0 Å². The first-order valence-corrected chi connectivity index (χ1v) is 13.4. The van der Waals surface area contributed by atoms with Crippen LogP contribution in [-0.2, 0) is 4.79 Å². The van der Waals surface area contributed by atoms with Crippen molar-refractivity contribution in [1.29, 1.82) is 0 Å². The van der Waals surface area contributed by atoms with E-state index in [2.05, 4.69) is 47.6 Å². The second-order valence-electron chi connectivity index (χ2n) is 12.7. The van der Waals surface area contributed by atoms with E-state index in [1.807, 2.05) is 0 Å². The lowest BCUT2D eigenvalue weighted by molar-refractivity contribution is -0.122. The fourth-order valence-corrected chi connectivity index (χ4v) is 9.14. The number of fused-ring (bicyclic) bond motifs is 5. The van der Waals surface area contributed by atoms with Gasteiger partial charge in [-0.25, -0.2) is 0 Å². The maximum atomic E-state index is 12.1. The Labute approximate surface area is 186 Å². The van der Waals surface area contributed by atoms with Gasteiger partial charge in [-0.2, -0.15) is 0 Å². The van der Waals surface area contributed by atoms with E-state index in [0.29, 0.717) is 16.6 Å². The summed E-state index contributed by atoms with van der Waals surface area (Å²) in [5.74, 6) is 6.66. The predicted octanol–water partition coefficient (Wildman–Crippen LogP) is 8.23. The van der Waals surface area contributed by atoms with Crippen LogP contribution in [0.1, 0.15) is 112 Å². The molecule has 0 radical (unpaired) electrons. The van der Waals surface area contributed by atoms with E-state index in [9.17, 15) is 4.79 Å². The third-order valence-corrected chi connectivity index (χ3v) is 11.2. The molecule has 1 nitrogen and oxygen atoms in total. The molecule has 0 aromatic rings. The number of allylic oxidation sites excluding steroid dienone is 2. The highest BCUT2D eigenvalue weighted by molar-refractivity contribution is 5.82. The molecule has 1 heteroatoms. The number of hydrogen-bond donors (Lipinski definition) is 0. The minimum atomic E-state index is 0.327. The molecule has 170 valence electrons. The van der Waals surface area contributed by atoms with E-state index in [1.165, 1.54) is 56.9 Å². The highest BCUT2D eigenvalue weighted by Crippen LogP contribution is 2.67. The predicted molar refractivity (Wildman–Crippen MR) is 127 cm³/mol. The number of rotatable bonds is 6.